The number of amides is 1. The fourth-order valence-electron chi connectivity index (χ4n) is 2.70. The van der Waals surface area contributed by atoms with Crippen molar-refractivity contribution in [2.75, 3.05) is 80.4 Å². The zero-order valence-corrected chi connectivity index (χ0v) is 16.1. The summed E-state index contributed by atoms with van der Waals surface area (Å²) in [6.45, 7) is 5.21. The fraction of sp³-hybridized carbons (Fsp3) is 0.938. The number of rotatable bonds is 14. The van der Waals surface area contributed by atoms with Crippen molar-refractivity contribution in [2.45, 2.75) is 18.5 Å². The van der Waals surface area contributed by atoms with Crippen molar-refractivity contribution in [3.63, 3.8) is 0 Å². The summed E-state index contributed by atoms with van der Waals surface area (Å²) in [4.78, 5) is 18.9. The molecule has 1 aliphatic heterocycles. The number of ether oxygens (including phenoxy) is 3. The first-order chi connectivity index (χ1) is 12.6. The van der Waals surface area contributed by atoms with E-state index in [4.69, 9.17) is 19.7 Å². The van der Waals surface area contributed by atoms with E-state index in [0.29, 0.717) is 59.2 Å². The first-order valence-electron chi connectivity index (χ1n) is 8.97. The molecule has 1 amide bonds. The van der Waals surface area contributed by atoms with Gasteiger partial charge in [-0.15, -0.1) is 0 Å². The third kappa shape index (κ3) is 8.79. The molecular weight excluding hydrogens is 340 g/mol. The van der Waals surface area contributed by atoms with Gasteiger partial charge in [-0.2, -0.15) is 0 Å². The molecule has 0 aromatic heterocycles. The topological polar surface area (TPSA) is 112 Å². The summed E-state index contributed by atoms with van der Waals surface area (Å²) in [5, 5.41) is 6.72. The largest absolute Gasteiger partial charge is 0.378 e. The second-order valence-electron chi connectivity index (χ2n) is 6.25. The molecule has 10 heteroatoms. The lowest BCUT2D eigenvalue weighted by Crippen LogP contribution is -2.43. The van der Waals surface area contributed by atoms with Gasteiger partial charge < -0.3 is 24.4 Å². The highest BCUT2D eigenvalue weighted by molar-refractivity contribution is 5.82. The van der Waals surface area contributed by atoms with Crippen LogP contribution in [0, 0.1) is 0 Å². The molecule has 0 aromatic carbocycles. The lowest BCUT2D eigenvalue weighted by Gasteiger charge is -2.25. The monoisotopic (exact) mass is 372 g/mol. The minimum absolute atomic E-state index is 0.0294. The average Bonchev–Trinajstić information content (AvgIpc) is 2.99. The number of carbonyl (C=O) groups excluding carboxylic acids is 1. The molecule has 0 radical (unpaired) electrons. The van der Waals surface area contributed by atoms with Gasteiger partial charge in [0.15, 0.2) is 0 Å². The van der Waals surface area contributed by atoms with Crippen LogP contribution >= 0.6 is 0 Å². The smallest absolute Gasteiger partial charge is 0.239 e. The minimum Gasteiger partial charge on any atom is -0.378 e. The van der Waals surface area contributed by atoms with Gasteiger partial charge in [-0.05, 0) is 26.0 Å². The molecule has 1 fully saturated rings. The molecule has 2 atom stereocenters. The van der Waals surface area contributed by atoms with Crippen molar-refractivity contribution in [2.24, 2.45) is 5.11 Å². The molecule has 1 saturated heterocycles. The highest BCUT2D eigenvalue weighted by Crippen LogP contribution is 2.20. The molecule has 150 valence electrons. The summed E-state index contributed by atoms with van der Waals surface area (Å²) >= 11 is 0. The molecule has 1 heterocycles. The number of likely N-dealkylation sites (N-methyl/N-ethyl adjacent to an activating group) is 3. The number of likely N-dealkylation sites (tertiary alicyclic amines) is 1. The maximum Gasteiger partial charge on any atom is 0.239 e. The van der Waals surface area contributed by atoms with E-state index in [-0.39, 0.29) is 18.0 Å². The number of carbonyl (C=O) groups is 1. The van der Waals surface area contributed by atoms with Gasteiger partial charge in [0.2, 0.25) is 5.91 Å². The van der Waals surface area contributed by atoms with Crippen LogP contribution in [0.5, 0.6) is 0 Å². The van der Waals surface area contributed by atoms with Crippen molar-refractivity contribution in [1.82, 2.24) is 15.1 Å². The Morgan fingerprint density at radius 1 is 1.23 bits per heavy atom. The summed E-state index contributed by atoms with van der Waals surface area (Å²) < 4.78 is 16.2. The fourth-order valence-corrected chi connectivity index (χ4v) is 2.70. The zero-order valence-electron chi connectivity index (χ0n) is 16.1. The van der Waals surface area contributed by atoms with E-state index in [2.05, 4.69) is 15.3 Å². The van der Waals surface area contributed by atoms with Crippen molar-refractivity contribution in [1.29, 1.82) is 0 Å². The SMILES string of the molecule is CNCCOCCOCCOCCN(C)C(=O)[C@@H]1C[C@H](N=[N+]=[N-])CN1C. The predicted octanol–water partition coefficient (Wildman–Crippen LogP) is 0.0970. The van der Waals surface area contributed by atoms with Crippen LogP contribution in [0.15, 0.2) is 5.11 Å². The molecule has 10 nitrogen and oxygen atoms in total. The van der Waals surface area contributed by atoms with Crippen LogP contribution in [0.4, 0.5) is 0 Å². The van der Waals surface area contributed by atoms with E-state index in [1.807, 2.05) is 19.0 Å². The molecule has 26 heavy (non-hydrogen) atoms. The Kier molecular flexibility index (Phi) is 12.0. The Bertz CT molecular complexity index is 446. The molecule has 0 saturated carbocycles. The molecule has 0 aromatic rings. The van der Waals surface area contributed by atoms with Gasteiger partial charge in [-0.25, -0.2) is 0 Å². The number of hydrogen-bond donors (Lipinski definition) is 1. The van der Waals surface area contributed by atoms with E-state index in [1.54, 1.807) is 11.9 Å². The molecule has 0 unspecified atom stereocenters. The predicted molar refractivity (Wildman–Crippen MR) is 98.0 cm³/mol. The van der Waals surface area contributed by atoms with E-state index >= 15 is 0 Å². The minimum atomic E-state index is -0.234. The summed E-state index contributed by atoms with van der Waals surface area (Å²) in [6.07, 6.45) is 0.564. The van der Waals surface area contributed by atoms with E-state index in [0.717, 1.165) is 6.54 Å². The van der Waals surface area contributed by atoms with Crippen molar-refractivity contribution in [3.05, 3.63) is 10.4 Å². The Balaban J connectivity index is 2.05. The van der Waals surface area contributed by atoms with Crippen molar-refractivity contribution >= 4 is 5.91 Å². The maximum atomic E-state index is 12.5. The number of nitrogens with zero attached hydrogens (tertiary/aromatic N) is 5. The lowest BCUT2D eigenvalue weighted by atomic mass is 10.1. The van der Waals surface area contributed by atoms with Gasteiger partial charge in [0.25, 0.3) is 0 Å². The molecule has 0 spiro atoms. The molecule has 1 rings (SSSR count). The normalized spacial score (nSPS) is 20.1. The second kappa shape index (κ2) is 13.7. The maximum absolute atomic E-state index is 12.5. The highest BCUT2D eigenvalue weighted by atomic mass is 16.5. The van der Waals surface area contributed by atoms with Gasteiger partial charge in [-0.1, -0.05) is 5.11 Å². The Morgan fingerprint density at radius 2 is 1.85 bits per heavy atom. The lowest BCUT2D eigenvalue weighted by molar-refractivity contribution is -0.135. The summed E-state index contributed by atoms with van der Waals surface area (Å²) in [5.41, 5.74) is 8.52. The third-order valence-corrected chi connectivity index (χ3v) is 4.21. The molecule has 0 aliphatic carbocycles. The number of hydrogen-bond acceptors (Lipinski definition) is 7. The quantitative estimate of drug-likeness (QED) is 0.200. The van der Waals surface area contributed by atoms with Crippen LogP contribution in [0.2, 0.25) is 0 Å². The summed E-state index contributed by atoms with van der Waals surface area (Å²) in [6, 6.07) is -0.371. The van der Waals surface area contributed by atoms with Gasteiger partial charge in [0.1, 0.15) is 0 Å². The van der Waals surface area contributed by atoms with Gasteiger partial charge in [0.05, 0.1) is 51.7 Å². The first-order valence-corrected chi connectivity index (χ1v) is 8.97. The van der Waals surface area contributed by atoms with Crippen LogP contribution in [0.25, 0.3) is 10.4 Å². The van der Waals surface area contributed by atoms with Crippen LogP contribution < -0.4 is 5.32 Å². The van der Waals surface area contributed by atoms with Crippen molar-refractivity contribution < 1.29 is 19.0 Å². The van der Waals surface area contributed by atoms with Crippen LogP contribution in [-0.2, 0) is 19.0 Å². The Hall–Kier alpha value is -1.42. The number of nitrogens with one attached hydrogen (secondary N) is 1. The summed E-state index contributed by atoms with van der Waals surface area (Å²) in [5.74, 6) is 0.0294. The van der Waals surface area contributed by atoms with Crippen LogP contribution in [0.3, 0.4) is 0 Å². The van der Waals surface area contributed by atoms with Gasteiger partial charge >= 0.3 is 0 Å². The average molecular weight is 372 g/mol. The third-order valence-electron chi connectivity index (χ3n) is 4.21. The second-order valence-corrected chi connectivity index (χ2v) is 6.25. The molecule has 1 aliphatic rings. The van der Waals surface area contributed by atoms with Gasteiger partial charge in [0, 0.05) is 31.6 Å². The highest BCUT2D eigenvalue weighted by Gasteiger charge is 2.35. The van der Waals surface area contributed by atoms with E-state index < -0.39 is 0 Å². The molecule has 1 N–H and O–H groups in total. The Labute approximate surface area is 155 Å². The first kappa shape index (κ1) is 22.6. The van der Waals surface area contributed by atoms with Gasteiger partial charge in [-0.3, -0.25) is 9.69 Å². The van der Waals surface area contributed by atoms with Crippen LogP contribution in [0.1, 0.15) is 6.42 Å². The van der Waals surface area contributed by atoms with E-state index in [1.165, 1.54) is 0 Å². The van der Waals surface area contributed by atoms with Crippen molar-refractivity contribution in [3.8, 4) is 0 Å². The summed E-state index contributed by atoms with van der Waals surface area (Å²) in [7, 11) is 5.52. The zero-order chi connectivity index (χ0) is 19.2. The molecular formula is C16H32N6O4. The Morgan fingerprint density at radius 3 is 2.46 bits per heavy atom. The van der Waals surface area contributed by atoms with E-state index in [9.17, 15) is 4.79 Å². The van der Waals surface area contributed by atoms with Crippen LogP contribution in [-0.4, -0.2) is 108 Å². The number of azide groups is 1. The standard InChI is InChI=1S/C16H32N6O4/c1-18-4-6-24-8-10-26-11-9-25-7-5-21(2)16(23)15-12-14(19-20-17)13-22(15)3/h14-15,18H,4-13H2,1-3H3/t14-,15-/m0/s1. The molecule has 0 bridgehead atoms.